The Balaban J connectivity index is 1.67. The number of aryl methyl sites for hydroxylation is 1. The van der Waals surface area contributed by atoms with Gasteiger partial charge in [0.15, 0.2) is 0 Å². The second-order valence-electron chi connectivity index (χ2n) is 4.37. The topological polar surface area (TPSA) is 90.5 Å². The van der Waals surface area contributed by atoms with Crippen LogP contribution in [0.1, 0.15) is 5.82 Å². The third-order valence-corrected chi connectivity index (χ3v) is 2.83. The van der Waals surface area contributed by atoms with Crippen LogP contribution >= 0.6 is 0 Å². The fraction of sp³-hybridized carbons (Fsp3) is 0.154. The van der Waals surface area contributed by atoms with E-state index >= 15 is 0 Å². The molecule has 0 aliphatic carbocycles. The SMILES string of the molecule is Cc1nccn1-c1ncc(NC(=O)Cn2cccn2)cn1. The lowest BCUT2D eigenvalue weighted by molar-refractivity contribution is -0.116. The molecule has 0 saturated carbocycles. The fourth-order valence-corrected chi connectivity index (χ4v) is 1.84. The van der Waals surface area contributed by atoms with Crippen molar-refractivity contribution in [2.45, 2.75) is 13.5 Å². The minimum absolute atomic E-state index is 0.148. The van der Waals surface area contributed by atoms with Gasteiger partial charge in [0, 0.05) is 24.8 Å². The first-order chi connectivity index (χ1) is 10.2. The molecule has 1 amide bonds. The van der Waals surface area contributed by atoms with E-state index in [1.807, 2.05) is 6.92 Å². The molecule has 0 aliphatic rings. The van der Waals surface area contributed by atoms with Crippen molar-refractivity contribution in [2.24, 2.45) is 0 Å². The highest BCUT2D eigenvalue weighted by atomic mass is 16.2. The zero-order valence-corrected chi connectivity index (χ0v) is 11.3. The molecule has 0 fully saturated rings. The van der Waals surface area contributed by atoms with E-state index in [0.717, 1.165) is 5.82 Å². The van der Waals surface area contributed by atoms with E-state index < -0.39 is 0 Å². The molecule has 0 aromatic carbocycles. The molecule has 0 spiro atoms. The van der Waals surface area contributed by atoms with Gasteiger partial charge in [-0.3, -0.25) is 14.0 Å². The molecule has 8 heteroatoms. The summed E-state index contributed by atoms with van der Waals surface area (Å²) >= 11 is 0. The summed E-state index contributed by atoms with van der Waals surface area (Å²) in [5.74, 6) is 1.12. The van der Waals surface area contributed by atoms with Crippen molar-refractivity contribution in [1.29, 1.82) is 0 Å². The van der Waals surface area contributed by atoms with E-state index in [-0.39, 0.29) is 12.5 Å². The van der Waals surface area contributed by atoms with Crippen molar-refractivity contribution in [1.82, 2.24) is 29.3 Å². The van der Waals surface area contributed by atoms with E-state index in [2.05, 4.69) is 25.4 Å². The largest absolute Gasteiger partial charge is 0.322 e. The van der Waals surface area contributed by atoms with Crippen LogP contribution in [0.4, 0.5) is 5.69 Å². The second-order valence-corrected chi connectivity index (χ2v) is 4.37. The highest BCUT2D eigenvalue weighted by molar-refractivity contribution is 5.90. The van der Waals surface area contributed by atoms with Crippen LogP contribution in [0, 0.1) is 6.92 Å². The van der Waals surface area contributed by atoms with Crippen molar-refractivity contribution >= 4 is 11.6 Å². The third kappa shape index (κ3) is 2.94. The number of imidazole rings is 1. The normalized spacial score (nSPS) is 10.5. The van der Waals surface area contributed by atoms with Crippen molar-refractivity contribution < 1.29 is 4.79 Å². The number of hydrogen-bond donors (Lipinski definition) is 1. The number of amides is 1. The smallest absolute Gasteiger partial charge is 0.246 e. The third-order valence-electron chi connectivity index (χ3n) is 2.83. The summed E-state index contributed by atoms with van der Waals surface area (Å²) in [6.45, 7) is 2.01. The number of aromatic nitrogens is 6. The van der Waals surface area contributed by atoms with Gasteiger partial charge in [-0.25, -0.2) is 15.0 Å². The molecule has 0 saturated heterocycles. The first-order valence-corrected chi connectivity index (χ1v) is 6.32. The van der Waals surface area contributed by atoms with Crippen LogP contribution in [0.25, 0.3) is 5.95 Å². The standard InChI is InChI=1S/C13H13N7O/c1-10-14-4-6-20(10)13-15-7-11(8-16-13)18-12(21)9-19-5-2-3-17-19/h2-8H,9H2,1H3,(H,18,21). The van der Waals surface area contributed by atoms with Crippen LogP contribution in [-0.2, 0) is 11.3 Å². The zero-order valence-electron chi connectivity index (χ0n) is 11.3. The summed E-state index contributed by atoms with van der Waals surface area (Å²) in [6, 6.07) is 1.76. The summed E-state index contributed by atoms with van der Waals surface area (Å²) < 4.78 is 3.30. The lowest BCUT2D eigenvalue weighted by atomic mass is 10.5. The van der Waals surface area contributed by atoms with E-state index in [1.165, 1.54) is 0 Å². The van der Waals surface area contributed by atoms with Gasteiger partial charge < -0.3 is 5.32 Å². The van der Waals surface area contributed by atoms with Crippen molar-refractivity contribution in [3.8, 4) is 5.95 Å². The van der Waals surface area contributed by atoms with E-state index in [1.54, 1.807) is 52.5 Å². The Hall–Kier alpha value is -3.03. The Kier molecular flexibility index (Phi) is 3.42. The van der Waals surface area contributed by atoms with Crippen molar-refractivity contribution in [2.75, 3.05) is 5.32 Å². The second kappa shape index (κ2) is 5.53. The Bertz CT molecular complexity index is 730. The van der Waals surface area contributed by atoms with Crippen molar-refractivity contribution in [3.63, 3.8) is 0 Å². The quantitative estimate of drug-likeness (QED) is 0.765. The van der Waals surface area contributed by atoms with Gasteiger partial charge in [-0.1, -0.05) is 0 Å². The predicted molar refractivity (Wildman–Crippen MR) is 74.7 cm³/mol. The molecule has 3 heterocycles. The monoisotopic (exact) mass is 283 g/mol. The molecule has 8 nitrogen and oxygen atoms in total. The summed E-state index contributed by atoms with van der Waals surface area (Å²) in [5.41, 5.74) is 0.536. The minimum Gasteiger partial charge on any atom is -0.322 e. The molecule has 0 aliphatic heterocycles. The maximum absolute atomic E-state index is 11.8. The molecule has 3 aromatic rings. The summed E-state index contributed by atoms with van der Waals surface area (Å²) in [5, 5.41) is 6.69. The molecule has 106 valence electrons. The van der Waals surface area contributed by atoms with Crippen molar-refractivity contribution in [3.05, 3.63) is 49.1 Å². The average Bonchev–Trinajstić information content (AvgIpc) is 3.11. The molecule has 0 atom stereocenters. The van der Waals surface area contributed by atoms with Crippen LogP contribution in [0.2, 0.25) is 0 Å². The molecule has 3 aromatic heterocycles. The number of hydrogen-bond acceptors (Lipinski definition) is 5. The number of anilines is 1. The van der Waals surface area contributed by atoms with Gasteiger partial charge in [0.1, 0.15) is 12.4 Å². The first kappa shape index (κ1) is 13.0. The van der Waals surface area contributed by atoms with Crippen LogP contribution in [0.5, 0.6) is 0 Å². The minimum atomic E-state index is -0.186. The van der Waals surface area contributed by atoms with Gasteiger partial charge in [-0.15, -0.1) is 0 Å². The van der Waals surface area contributed by atoms with Crippen LogP contribution in [0.15, 0.2) is 43.2 Å². The lowest BCUT2D eigenvalue weighted by Crippen LogP contribution is -2.19. The summed E-state index contributed by atoms with van der Waals surface area (Å²) in [7, 11) is 0. The Labute approximate surface area is 120 Å². The highest BCUT2D eigenvalue weighted by Crippen LogP contribution is 2.08. The van der Waals surface area contributed by atoms with E-state index in [9.17, 15) is 4.79 Å². The van der Waals surface area contributed by atoms with Crippen LogP contribution < -0.4 is 5.32 Å². The maximum atomic E-state index is 11.8. The molecule has 3 rings (SSSR count). The van der Waals surface area contributed by atoms with Gasteiger partial charge >= 0.3 is 0 Å². The Morgan fingerprint density at radius 3 is 2.62 bits per heavy atom. The van der Waals surface area contributed by atoms with E-state index in [4.69, 9.17) is 0 Å². The van der Waals surface area contributed by atoms with Gasteiger partial charge in [0.2, 0.25) is 11.9 Å². The van der Waals surface area contributed by atoms with Gasteiger partial charge in [0.05, 0.1) is 18.1 Å². The number of carbonyl (C=O) groups excluding carboxylic acids is 1. The molecule has 21 heavy (non-hydrogen) atoms. The van der Waals surface area contributed by atoms with Gasteiger partial charge in [-0.05, 0) is 13.0 Å². The molecule has 1 N–H and O–H groups in total. The van der Waals surface area contributed by atoms with E-state index in [0.29, 0.717) is 11.6 Å². The summed E-state index contributed by atoms with van der Waals surface area (Å²) in [4.78, 5) is 24.3. The number of nitrogens with one attached hydrogen (secondary N) is 1. The summed E-state index contributed by atoms with van der Waals surface area (Å²) in [6.07, 6.45) is 9.92. The van der Waals surface area contributed by atoms with Crippen LogP contribution in [-0.4, -0.2) is 35.2 Å². The molecule has 0 bridgehead atoms. The Morgan fingerprint density at radius 1 is 1.19 bits per heavy atom. The highest BCUT2D eigenvalue weighted by Gasteiger charge is 2.06. The molecular weight excluding hydrogens is 270 g/mol. The fourth-order valence-electron chi connectivity index (χ4n) is 1.84. The lowest BCUT2D eigenvalue weighted by Gasteiger charge is -2.06. The number of rotatable bonds is 4. The average molecular weight is 283 g/mol. The van der Waals surface area contributed by atoms with Crippen LogP contribution in [0.3, 0.4) is 0 Å². The Morgan fingerprint density at radius 2 is 2.00 bits per heavy atom. The van der Waals surface area contributed by atoms with Gasteiger partial charge in [0.25, 0.3) is 0 Å². The molecule has 0 radical (unpaired) electrons. The van der Waals surface area contributed by atoms with Gasteiger partial charge in [-0.2, -0.15) is 5.10 Å². The predicted octanol–water partition coefficient (Wildman–Crippen LogP) is 0.806. The number of nitrogens with zero attached hydrogens (tertiary/aromatic N) is 6. The zero-order chi connectivity index (χ0) is 14.7. The molecular formula is C13H13N7O. The maximum Gasteiger partial charge on any atom is 0.246 e. The first-order valence-electron chi connectivity index (χ1n) is 6.32. The molecule has 0 unspecified atom stereocenters. The number of carbonyl (C=O) groups is 1.